The number of carbonyl (C=O) groups excluding carboxylic acids is 1. The summed E-state index contributed by atoms with van der Waals surface area (Å²) in [7, 11) is 0. The molecule has 0 radical (unpaired) electrons. The predicted octanol–water partition coefficient (Wildman–Crippen LogP) is 2.96. The van der Waals surface area contributed by atoms with Gasteiger partial charge < -0.3 is 9.64 Å². The fourth-order valence-corrected chi connectivity index (χ4v) is 3.20. The Kier molecular flexibility index (Phi) is 3.30. The lowest BCUT2D eigenvalue weighted by Crippen LogP contribution is -2.48. The zero-order chi connectivity index (χ0) is 13.6. The Hall–Kier alpha value is -0.830. The van der Waals surface area contributed by atoms with Crippen LogP contribution in [0.5, 0.6) is 0 Å². The summed E-state index contributed by atoms with van der Waals surface area (Å²) in [5, 5.41) is 0. The highest BCUT2D eigenvalue weighted by molar-refractivity contribution is 5.82. The summed E-state index contributed by atoms with van der Waals surface area (Å²) in [6, 6.07) is 0.198. The highest BCUT2D eigenvalue weighted by Gasteiger charge is 2.57. The first-order chi connectivity index (χ1) is 8.29. The van der Waals surface area contributed by atoms with E-state index in [2.05, 4.69) is 34.3 Å². The van der Waals surface area contributed by atoms with E-state index in [1.54, 1.807) is 0 Å². The molecular weight excluding hydrogens is 226 g/mol. The molecule has 1 amide bonds. The van der Waals surface area contributed by atoms with E-state index >= 15 is 0 Å². The minimum absolute atomic E-state index is 0.0702. The molecule has 3 heteroatoms. The molecule has 0 aromatic rings. The molecular formula is C15H25NO2. The molecule has 2 aliphatic rings. The molecule has 0 aromatic heterocycles. The van der Waals surface area contributed by atoms with Crippen LogP contribution in [0.15, 0.2) is 12.7 Å². The van der Waals surface area contributed by atoms with Gasteiger partial charge >= 0.3 is 0 Å². The Morgan fingerprint density at radius 3 is 2.78 bits per heavy atom. The Labute approximate surface area is 110 Å². The topological polar surface area (TPSA) is 29.5 Å². The van der Waals surface area contributed by atoms with Crippen LogP contribution < -0.4 is 0 Å². The van der Waals surface area contributed by atoms with Crippen LogP contribution in [0.2, 0.25) is 0 Å². The van der Waals surface area contributed by atoms with Crippen molar-refractivity contribution in [2.24, 2.45) is 11.3 Å². The second-order valence-corrected chi connectivity index (χ2v) is 6.84. The largest absolute Gasteiger partial charge is 0.354 e. The van der Waals surface area contributed by atoms with Crippen LogP contribution >= 0.6 is 0 Å². The van der Waals surface area contributed by atoms with Gasteiger partial charge in [0.25, 0.3) is 0 Å². The van der Waals surface area contributed by atoms with Gasteiger partial charge in [-0.15, -0.1) is 6.58 Å². The zero-order valence-corrected chi connectivity index (χ0v) is 12.0. The minimum atomic E-state index is -0.374. The first kappa shape index (κ1) is 13.6. The number of allylic oxidation sites excluding steroid dienone is 1. The number of carbonyl (C=O) groups is 1. The highest BCUT2D eigenvalue weighted by Crippen LogP contribution is 2.46. The Morgan fingerprint density at radius 2 is 2.22 bits per heavy atom. The number of rotatable bonds is 3. The van der Waals surface area contributed by atoms with Crippen LogP contribution in [0.1, 0.15) is 47.0 Å². The first-order valence-electron chi connectivity index (χ1n) is 6.87. The van der Waals surface area contributed by atoms with Gasteiger partial charge in [0.05, 0.1) is 12.6 Å². The number of ether oxygens (including phenoxy) is 1. The molecule has 18 heavy (non-hydrogen) atoms. The third-order valence-electron chi connectivity index (χ3n) is 4.30. The summed E-state index contributed by atoms with van der Waals surface area (Å²) in [5.41, 5.74) is -0.304. The van der Waals surface area contributed by atoms with Crippen LogP contribution in [0.4, 0.5) is 0 Å². The molecule has 0 aromatic carbocycles. The van der Waals surface area contributed by atoms with Crippen molar-refractivity contribution in [1.82, 2.24) is 4.90 Å². The van der Waals surface area contributed by atoms with E-state index in [1.807, 2.05) is 11.0 Å². The van der Waals surface area contributed by atoms with Crippen molar-refractivity contribution in [2.75, 3.05) is 6.61 Å². The van der Waals surface area contributed by atoms with E-state index < -0.39 is 0 Å². The molecule has 0 N–H and O–H groups in total. The monoisotopic (exact) mass is 251 g/mol. The zero-order valence-electron chi connectivity index (χ0n) is 12.0. The van der Waals surface area contributed by atoms with E-state index in [9.17, 15) is 4.79 Å². The number of hydrogen-bond acceptors (Lipinski definition) is 2. The Bertz CT molecular complexity index is 358. The third kappa shape index (κ3) is 2.09. The number of fused-ring (bicyclic) bond motifs is 1. The number of amides is 1. The maximum absolute atomic E-state index is 12.6. The van der Waals surface area contributed by atoms with E-state index in [4.69, 9.17) is 4.74 Å². The van der Waals surface area contributed by atoms with Gasteiger partial charge in [-0.2, -0.15) is 0 Å². The fraction of sp³-hybridized carbons (Fsp3) is 0.800. The molecule has 0 bridgehead atoms. The molecule has 3 nitrogen and oxygen atoms in total. The highest BCUT2D eigenvalue weighted by atomic mass is 16.5. The van der Waals surface area contributed by atoms with Crippen molar-refractivity contribution < 1.29 is 9.53 Å². The average molecular weight is 251 g/mol. The second-order valence-electron chi connectivity index (χ2n) is 6.84. The molecule has 0 spiro atoms. The van der Waals surface area contributed by atoms with Crippen molar-refractivity contribution in [3.63, 3.8) is 0 Å². The molecule has 2 saturated heterocycles. The van der Waals surface area contributed by atoms with Crippen molar-refractivity contribution in [2.45, 2.75) is 58.7 Å². The molecule has 2 heterocycles. The minimum Gasteiger partial charge on any atom is -0.354 e. The molecule has 0 saturated carbocycles. The summed E-state index contributed by atoms with van der Waals surface area (Å²) in [6.07, 6.45) is 4.52. The van der Waals surface area contributed by atoms with Gasteiger partial charge in [-0.25, -0.2) is 0 Å². The summed E-state index contributed by atoms with van der Waals surface area (Å²) in [4.78, 5) is 14.6. The van der Waals surface area contributed by atoms with E-state index in [-0.39, 0.29) is 29.0 Å². The quantitative estimate of drug-likeness (QED) is 0.722. The molecule has 3 atom stereocenters. The van der Waals surface area contributed by atoms with Crippen molar-refractivity contribution >= 4 is 5.91 Å². The third-order valence-corrected chi connectivity index (χ3v) is 4.30. The maximum atomic E-state index is 12.6. The normalized spacial score (nSPS) is 36.0. The average Bonchev–Trinajstić information content (AvgIpc) is 2.70. The fourth-order valence-electron chi connectivity index (χ4n) is 3.20. The predicted molar refractivity (Wildman–Crippen MR) is 72.0 cm³/mol. The van der Waals surface area contributed by atoms with Gasteiger partial charge in [0, 0.05) is 12.3 Å². The standard InChI is InChI=1S/C15H25NO2/c1-6-7-8-11-9-15(5)16(13(11)17)12(10-18-15)14(2,3)4/h6,11-12H,1,7-10H2,2-5H3/t11?,12-,15-/m1/s1. The molecule has 102 valence electrons. The summed E-state index contributed by atoms with van der Waals surface area (Å²) in [5.74, 6) is 0.384. The molecule has 1 unspecified atom stereocenters. The maximum Gasteiger partial charge on any atom is 0.228 e. The molecule has 2 rings (SSSR count). The van der Waals surface area contributed by atoms with Crippen molar-refractivity contribution in [3.05, 3.63) is 12.7 Å². The van der Waals surface area contributed by atoms with Crippen LogP contribution in [-0.2, 0) is 9.53 Å². The van der Waals surface area contributed by atoms with Crippen LogP contribution in [-0.4, -0.2) is 29.2 Å². The molecule has 2 aliphatic heterocycles. The van der Waals surface area contributed by atoms with Crippen LogP contribution in [0, 0.1) is 11.3 Å². The summed E-state index contributed by atoms with van der Waals surface area (Å²) >= 11 is 0. The summed E-state index contributed by atoms with van der Waals surface area (Å²) < 4.78 is 5.96. The smallest absolute Gasteiger partial charge is 0.228 e. The SMILES string of the molecule is C=CCCC1C[C@@]2(C)OC[C@H](C(C)(C)C)N2C1=O. The second kappa shape index (κ2) is 4.37. The van der Waals surface area contributed by atoms with Gasteiger partial charge in [-0.05, 0) is 25.2 Å². The number of hydrogen-bond donors (Lipinski definition) is 0. The van der Waals surface area contributed by atoms with Gasteiger partial charge in [-0.1, -0.05) is 26.8 Å². The van der Waals surface area contributed by atoms with E-state index in [0.29, 0.717) is 6.61 Å². The lowest BCUT2D eigenvalue weighted by Gasteiger charge is -2.36. The summed E-state index contributed by atoms with van der Waals surface area (Å²) in [6.45, 7) is 13.0. The molecule has 2 fully saturated rings. The van der Waals surface area contributed by atoms with Gasteiger partial charge in [0.2, 0.25) is 5.91 Å². The Balaban J connectivity index is 2.19. The van der Waals surface area contributed by atoms with E-state index in [0.717, 1.165) is 19.3 Å². The van der Waals surface area contributed by atoms with Crippen molar-refractivity contribution in [3.8, 4) is 0 Å². The number of nitrogens with zero attached hydrogens (tertiary/aromatic N) is 1. The lowest BCUT2D eigenvalue weighted by molar-refractivity contribution is -0.140. The molecule has 0 aliphatic carbocycles. The lowest BCUT2D eigenvalue weighted by atomic mass is 9.86. The van der Waals surface area contributed by atoms with Crippen LogP contribution in [0.25, 0.3) is 0 Å². The van der Waals surface area contributed by atoms with Crippen molar-refractivity contribution in [1.29, 1.82) is 0 Å². The Morgan fingerprint density at radius 1 is 1.56 bits per heavy atom. The van der Waals surface area contributed by atoms with E-state index in [1.165, 1.54) is 0 Å². The van der Waals surface area contributed by atoms with Crippen LogP contribution in [0.3, 0.4) is 0 Å². The van der Waals surface area contributed by atoms with Gasteiger partial charge in [0.1, 0.15) is 5.72 Å². The van der Waals surface area contributed by atoms with Gasteiger partial charge in [0.15, 0.2) is 0 Å². The first-order valence-corrected chi connectivity index (χ1v) is 6.87. The van der Waals surface area contributed by atoms with Gasteiger partial charge in [-0.3, -0.25) is 4.79 Å².